The molecule has 2 atom stereocenters. The van der Waals surface area contributed by atoms with Crippen LogP contribution in [0.2, 0.25) is 0 Å². The molecular formula is C18H27NO5. The molecule has 0 spiro atoms. The molecule has 6 nitrogen and oxygen atoms in total. The second-order valence-corrected chi connectivity index (χ2v) is 7.09. The van der Waals surface area contributed by atoms with Gasteiger partial charge in [0.25, 0.3) is 0 Å². The first kappa shape index (κ1) is 18.4. The third-order valence-corrected chi connectivity index (χ3v) is 4.70. The lowest BCUT2D eigenvalue weighted by molar-refractivity contribution is -0.141. The molecule has 0 saturated carbocycles. The number of likely N-dealkylation sites (tertiary alicyclic amines) is 1. The highest BCUT2D eigenvalue weighted by atomic mass is 16.5. The molecule has 1 aromatic carbocycles. The number of aliphatic carboxylic acids is 1. The lowest BCUT2D eigenvalue weighted by atomic mass is 9.88. The minimum Gasteiger partial charge on any atom is -0.493 e. The minimum atomic E-state index is -0.777. The number of hydrogen-bond donors (Lipinski definition) is 1. The Morgan fingerprint density at radius 3 is 2.00 bits per heavy atom. The molecule has 0 amide bonds. The van der Waals surface area contributed by atoms with Crippen LogP contribution in [-0.4, -0.2) is 55.9 Å². The van der Waals surface area contributed by atoms with E-state index in [1.165, 1.54) is 0 Å². The van der Waals surface area contributed by atoms with Crippen molar-refractivity contribution in [2.75, 3.05) is 34.4 Å². The van der Waals surface area contributed by atoms with Crippen LogP contribution in [0.25, 0.3) is 0 Å². The number of nitrogens with zero attached hydrogens (tertiary/aromatic N) is 1. The van der Waals surface area contributed by atoms with E-state index in [1.54, 1.807) is 21.3 Å². The molecule has 0 bridgehead atoms. The van der Waals surface area contributed by atoms with Crippen LogP contribution in [0.3, 0.4) is 0 Å². The van der Waals surface area contributed by atoms with Crippen molar-refractivity contribution in [1.82, 2.24) is 4.90 Å². The summed E-state index contributed by atoms with van der Waals surface area (Å²) in [6.07, 6.45) is 0. The van der Waals surface area contributed by atoms with Crippen LogP contribution < -0.4 is 14.2 Å². The Kier molecular flexibility index (Phi) is 5.28. The number of carbonyl (C=O) groups is 1. The van der Waals surface area contributed by atoms with Crippen molar-refractivity contribution in [1.29, 1.82) is 0 Å². The molecule has 1 heterocycles. The van der Waals surface area contributed by atoms with Crippen LogP contribution in [0.5, 0.6) is 17.2 Å². The van der Waals surface area contributed by atoms with Gasteiger partial charge in [-0.05, 0) is 38.5 Å². The molecule has 0 aromatic heterocycles. The van der Waals surface area contributed by atoms with Gasteiger partial charge in [0.1, 0.15) is 0 Å². The van der Waals surface area contributed by atoms with E-state index in [4.69, 9.17) is 14.2 Å². The fourth-order valence-corrected chi connectivity index (χ4v) is 3.25. The molecule has 1 fully saturated rings. The van der Waals surface area contributed by atoms with E-state index in [1.807, 2.05) is 12.1 Å². The van der Waals surface area contributed by atoms with Crippen molar-refractivity contribution >= 4 is 5.97 Å². The molecule has 1 aliphatic rings. The zero-order valence-corrected chi connectivity index (χ0v) is 15.3. The van der Waals surface area contributed by atoms with Crippen molar-refractivity contribution in [2.45, 2.75) is 32.2 Å². The number of ether oxygens (including phenoxy) is 3. The standard InChI is InChI=1S/C18H27NO5/c1-18(2,3)19-9-12(13(10-19)17(20)21)11-7-14(22-4)16(24-6)15(8-11)23-5/h7-8,12-13H,9-10H2,1-6H3,(H,20,21)/t12-,13+/m1/s1. The molecule has 1 N–H and O–H groups in total. The summed E-state index contributed by atoms with van der Waals surface area (Å²) in [7, 11) is 4.68. The highest BCUT2D eigenvalue weighted by Gasteiger charge is 2.42. The molecular weight excluding hydrogens is 310 g/mol. The van der Waals surface area contributed by atoms with Crippen LogP contribution in [-0.2, 0) is 4.79 Å². The average molecular weight is 337 g/mol. The zero-order valence-electron chi connectivity index (χ0n) is 15.3. The van der Waals surface area contributed by atoms with Gasteiger partial charge in [-0.15, -0.1) is 0 Å². The van der Waals surface area contributed by atoms with E-state index in [-0.39, 0.29) is 11.5 Å². The Hall–Kier alpha value is -1.95. The van der Waals surface area contributed by atoms with E-state index in [0.717, 1.165) is 5.56 Å². The average Bonchev–Trinajstić information content (AvgIpc) is 2.99. The fraction of sp³-hybridized carbons (Fsp3) is 0.611. The first-order valence-electron chi connectivity index (χ1n) is 8.00. The molecule has 0 radical (unpaired) electrons. The van der Waals surface area contributed by atoms with Gasteiger partial charge in [0.2, 0.25) is 5.75 Å². The lowest BCUT2D eigenvalue weighted by Crippen LogP contribution is -2.40. The molecule has 0 aliphatic carbocycles. The van der Waals surface area contributed by atoms with Gasteiger partial charge in [-0.1, -0.05) is 0 Å². The summed E-state index contributed by atoms with van der Waals surface area (Å²) in [5.74, 6) is 0.236. The Bertz CT molecular complexity index is 583. The Labute approximate surface area is 143 Å². The van der Waals surface area contributed by atoms with E-state index >= 15 is 0 Å². The van der Waals surface area contributed by atoms with Crippen molar-refractivity contribution in [3.05, 3.63) is 17.7 Å². The minimum absolute atomic E-state index is 0.0803. The molecule has 134 valence electrons. The zero-order chi connectivity index (χ0) is 18.1. The van der Waals surface area contributed by atoms with Gasteiger partial charge in [-0.3, -0.25) is 9.69 Å². The van der Waals surface area contributed by atoms with Crippen LogP contribution in [0.4, 0.5) is 0 Å². The molecule has 1 saturated heterocycles. The summed E-state index contributed by atoms with van der Waals surface area (Å²) in [6, 6.07) is 3.71. The second-order valence-electron chi connectivity index (χ2n) is 7.09. The summed E-state index contributed by atoms with van der Waals surface area (Å²) in [5, 5.41) is 9.67. The van der Waals surface area contributed by atoms with Gasteiger partial charge in [0.05, 0.1) is 27.2 Å². The number of benzene rings is 1. The van der Waals surface area contributed by atoms with Crippen molar-refractivity contribution < 1.29 is 24.1 Å². The third-order valence-electron chi connectivity index (χ3n) is 4.70. The maximum absolute atomic E-state index is 11.8. The number of rotatable bonds is 5. The highest BCUT2D eigenvalue weighted by Crippen LogP contribution is 2.44. The second kappa shape index (κ2) is 6.89. The largest absolute Gasteiger partial charge is 0.493 e. The number of methoxy groups -OCH3 is 3. The SMILES string of the molecule is COc1cc([C@H]2CN(C(C)(C)C)C[C@@H]2C(=O)O)cc(OC)c1OC. The van der Waals surface area contributed by atoms with Crippen LogP contribution >= 0.6 is 0 Å². The van der Waals surface area contributed by atoms with Crippen molar-refractivity contribution in [3.63, 3.8) is 0 Å². The van der Waals surface area contributed by atoms with Gasteiger partial charge in [0, 0.05) is 24.5 Å². The normalized spacial score (nSPS) is 21.6. The first-order chi connectivity index (χ1) is 11.2. The summed E-state index contributed by atoms with van der Waals surface area (Å²) in [5.41, 5.74) is 0.812. The van der Waals surface area contributed by atoms with Crippen LogP contribution in [0.15, 0.2) is 12.1 Å². The van der Waals surface area contributed by atoms with Crippen molar-refractivity contribution in [2.24, 2.45) is 5.92 Å². The van der Waals surface area contributed by atoms with Crippen molar-refractivity contribution in [3.8, 4) is 17.2 Å². The summed E-state index contributed by atoms with van der Waals surface area (Å²) < 4.78 is 16.2. The van der Waals surface area contributed by atoms with Crippen LogP contribution in [0, 0.1) is 5.92 Å². The fourth-order valence-electron chi connectivity index (χ4n) is 3.25. The van der Waals surface area contributed by atoms with Gasteiger partial charge in [-0.2, -0.15) is 0 Å². The smallest absolute Gasteiger partial charge is 0.308 e. The Morgan fingerprint density at radius 1 is 1.08 bits per heavy atom. The van der Waals surface area contributed by atoms with Gasteiger partial charge in [-0.25, -0.2) is 0 Å². The Balaban J connectivity index is 2.46. The first-order valence-corrected chi connectivity index (χ1v) is 8.00. The molecule has 1 aromatic rings. The number of carboxylic acid groups (broad SMARTS) is 1. The molecule has 6 heteroatoms. The number of carboxylic acids is 1. The van der Waals surface area contributed by atoms with E-state index in [9.17, 15) is 9.90 Å². The monoisotopic (exact) mass is 337 g/mol. The lowest BCUT2D eigenvalue weighted by Gasteiger charge is -2.31. The van der Waals surface area contributed by atoms with E-state index < -0.39 is 11.9 Å². The van der Waals surface area contributed by atoms with Gasteiger partial charge < -0.3 is 19.3 Å². The summed E-state index contributed by atoms with van der Waals surface area (Å²) in [4.78, 5) is 14.0. The topological polar surface area (TPSA) is 68.2 Å². The third kappa shape index (κ3) is 3.43. The van der Waals surface area contributed by atoms with Gasteiger partial charge >= 0.3 is 5.97 Å². The predicted octanol–water partition coefficient (Wildman–Crippen LogP) is 2.61. The molecule has 2 rings (SSSR count). The van der Waals surface area contributed by atoms with E-state index in [2.05, 4.69) is 25.7 Å². The predicted molar refractivity (Wildman–Crippen MR) is 91.3 cm³/mol. The molecule has 24 heavy (non-hydrogen) atoms. The highest BCUT2D eigenvalue weighted by molar-refractivity contribution is 5.72. The maximum Gasteiger partial charge on any atom is 0.308 e. The van der Waals surface area contributed by atoms with E-state index in [0.29, 0.717) is 30.3 Å². The van der Waals surface area contributed by atoms with Crippen LogP contribution in [0.1, 0.15) is 32.3 Å². The number of hydrogen-bond acceptors (Lipinski definition) is 5. The summed E-state index contributed by atoms with van der Waals surface area (Å²) >= 11 is 0. The molecule has 1 aliphatic heterocycles. The quantitative estimate of drug-likeness (QED) is 0.891. The maximum atomic E-state index is 11.8. The molecule has 0 unspecified atom stereocenters. The Morgan fingerprint density at radius 2 is 1.62 bits per heavy atom. The summed E-state index contributed by atoms with van der Waals surface area (Å²) in [6.45, 7) is 7.51. The van der Waals surface area contributed by atoms with Gasteiger partial charge in [0.15, 0.2) is 11.5 Å².